The number of hydrogen-bond acceptors (Lipinski definition) is 1. The molecule has 2 aliphatic heterocycles. The molecule has 8 rings (SSSR count). The monoisotopic (exact) mass is 432 g/mol. The molecule has 6 aromatic rings. The lowest BCUT2D eigenvalue weighted by Gasteiger charge is -2.41. The molecule has 0 bridgehead atoms. The van der Waals surface area contributed by atoms with E-state index in [1.807, 2.05) is 0 Å². The Morgan fingerprint density at radius 1 is 0.588 bits per heavy atom. The van der Waals surface area contributed by atoms with Crippen molar-refractivity contribution >= 4 is 62.0 Å². The van der Waals surface area contributed by atoms with Gasteiger partial charge in [-0.25, -0.2) is 0 Å². The van der Waals surface area contributed by atoms with E-state index in [-0.39, 0.29) is 6.71 Å². The number of nitrogens with zero attached hydrogens (tertiary/aromatic N) is 2. The second-order valence-electron chi connectivity index (χ2n) is 9.42. The van der Waals surface area contributed by atoms with Crippen LogP contribution in [0.2, 0.25) is 0 Å². The van der Waals surface area contributed by atoms with Gasteiger partial charge in [0.1, 0.15) is 0 Å². The molecule has 2 nitrogen and oxygen atoms in total. The summed E-state index contributed by atoms with van der Waals surface area (Å²) in [6, 6.07) is 40.1. The highest BCUT2D eigenvalue weighted by Gasteiger charge is 2.42. The van der Waals surface area contributed by atoms with E-state index in [1.54, 1.807) is 0 Å². The van der Waals surface area contributed by atoms with Crippen molar-refractivity contribution in [2.75, 3.05) is 4.90 Å². The van der Waals surface area contributed by atoms with Crippen LogP contribution in [0.15, 0.2) is 109 Å². The molecule has 0 atom stereocenters. The maximum atomic E-state index is 2.51. The largest absolute Gasteiger partial charge is 0.311 e. The summed E-state index contributed by atoms with van der Waals surface area (Å²) < 4.78 is 2.51. The number of aryl methyl sites for hydroxylation is 1. The fraction of sp³-hybridized carbons (Fsp3) is 0.0323. The van der Waals surface area contributed by atoms with Crippen molar-refractivity contribution in [3.63, 3.8) is 0 Å². The van der Waals surface area contributed by atoms with Crippen LogP contribution in [0.1, 0.15) is 5.56 Å². The van der Waals surface area contributed by atoms with Crippen molar-refractivity contribution in [3.8, 4) is 5.69 Å². The van der Waals surface area contributed by atoms with Gasteiger partial charge < -0.3 is 9.47 Å². The third kappa shape index (κ3) is 2.12. The molecule has 5 aromatic carbocycles. The summed E-state index contributed by atoms with van der Waals surface area (Å²) in [5.41, 5.74) is 13.2. The number of para-hydroxylation sites is 4. The van der Waals surface area contributed by atoms with E-state index >= 15 is 0 Å². The van der Waals surface area contributed by atoms with Gasteiger partial charge in [-0.05, 0) is 59.2 Å². The van der Waals surface area contributed by atoms with Gasteiger partial charge in [0.15, 0.2) is 0 Å². The summed E-state index contributed by atoms with van der Waals surface area (Å²) in [6.07, 6.45) is 0. The number of anilines is 3. The smallest absolute Gasteiger partial charge is 0.252 e. The van der Waals surface area contributed by atoms with Crippen molar-refractivity contribution in [1.82, 2.24) is 4.57 Å². The van der Waals surface area contributed by atoms with Gasteiger partial charge in [0, 0.05) is 39.0 Å². The highest BCUT2D eigenvalue weighted by Crippen LogP contribution is 2.42. The summed E-state index contributed by atoms with van der Waals surface area (Å²) in [5.74, 6) is 0. The van der Waals surface area contributed by atoms with Crippen molar-refractivity contribution < 1.29 is 0 Å². The molecule has 0 aliphatic carbocycles. The van der Waals surface area contributed by atoms with Crippen molar-refractivity contribution in [3.05, 3.63) is 115 Å². The Bertz CT molecular complexity index is 1780. The Morgan fingerprint density at radius 3 is 2.24 bits per heavy atom. The quantitative estimate of drug-likeness (QED) is 0.302. The highest BCUT2D eigenvalue weighted by molar-refractivity contribution is 7.00. The van der Waals surface area contributed by atoms with Crippen LogP contribution < -0.4 is 21.3 Å². The van der Waals surface area contributed by atoms with Gasteiger partial charge in [-0.15, -0.1) is 0 Å². The minimum absolute atomic E-state index is 0.210. The molecular weight excluding hydrogens is 411 g/mol. The predicted octanol–water partition coefficient (Wildman–Crippen LogP) is 5.70. The number of rotatable bonds is 1. The van der Waals surface area contributed by atoms with Gasteiger partial charge in [0.05, 0.1) is 5.52 Å². The van der Waals surface area contributed by atoms with Crippen LogP contribution in [0.5, 0.6) is 0 Å². The maximum Gasteiger partial charge on any atom is 0.252 e. The fourth-order valence-electron chi connectivity index (χ4n) is 6.39. The zero-order chi connectivity index (χ0) is 22.4. The number of aromatic nitrogens is 1. The van der Waals surface area contributed by atoms with E-state index < -0.39 is 0 Å². The number of fused-ring (bicyclic) bond motifs is 7. The number of benzene rings is 5. The first kappa shape index (κ1) is 18.2. The topological polar surface area (TPSA) is 8.17 Å². The molecule has 34 heavy (non-hydrogen) atoms. The summed E-state index contributed by atoms with van der Waals surface area (Å²) >= 11 is 0. The molecule has 1 aromatic heterocycles. The van der Waals surface area contributed by atoms with Crippen molar-refractivity contribution in [2.24, 2.45) is 0 Å². The number of hydrogen-bond donors (Lipinski definition) is 0. The maximum absolute atomic E-state index is 2.51. The average molecular weight is 432 g/mol. The summed E-state index contributed by atoms with van der Waals surface area (Å²) in [7, 11) is 0. The van der Waals surface area contributed by atoms with E-state index in [0.717, 1.165) is 0 Å². The van der Waals surface area contributed by atoms with Crippen LogP contribution in [-0.2, 0) is 0 Å². The van der Waals surface area contributed by atoms with Gasteiger partial charge in [0.2, 0.25) is 0 Å². The minimum atomic E-state index is 0.210. The van der Waals surface area contributed by atoms with Gasteiger partial charge in [-0.2, -0.15) is 0 Å². The molecular formula is C31H21BN2. The van der Waals surface area contributed by atoms with E-state index in [9.17, 15) is 0 Å². The zero-order valence-corrected chi connectivity index (χ0v) is 18.9. The molecule has 3 heterocycles. The SMILES string of the molecule is Cc1ccc2c3c1N(c1ccccc1)c1ccccc1B3c1cccc3c4ccccc4n-2c13. The first-order chi connectivity index (χ1) is 16.8. The molecule has 0 spiro atoms. The first-order valence-corrected chi connectivity index (χ1v) is 11.9. The molecule has 0 amide bonds. The van der Waals surface area contributed by atoms with E-state index in [1.165, 1.54) is 66.5 Å². The normalized spacial score (nSPS) is 13.3. The molecule has 3 heteroatoms. The van der Waals surface area contributed by atoms with Gasteiger partial charge >= 0.3 is 0 Å². The third-order valence-electron chi connectivity index (χ3n) is 7.69. The van der Waals surface area contributed by atoms with Crippen molar-refractivity contribution in [2.45, 2.75) is 6.92 Å². The molecule has 0 unspecified atom stereocenters. The lowest BCUT2D eigenvalue weighted by molar-refractivity contribution is 1.17. The standard InChI is InChI=1S/C31H21BN2/c1-20-18-19-28-29-30(20)33(21-10-3-2-4-11-21)27-17-8-6-14-24(27)32(29)25-15-9-13-23-22-12-5-7-16-26(22)34(28)31(23)25/h2-19H,1H3. The second-order valence-corrected chi connectivity index (χ2v) is 9.42. The molecule has 0 fully saturated rings. The Morgan fingerprint density at radius 2 is 1.32 bits per heavy atom. The fourth-order valence-corrected chi connectivity index (χ4v) is 6.39. The Kier molecular flexibility index (Phi) is 3.44. The minimum Gasteiger partial charge on any atom is -0.311 e. The summed E-state index contributed by atoms with van der Waals surface area (Å²) in [4.78, 5) is 2.47. The lowest BCUT2D eigenvalue weighted by Crippen LogP contribution is -2.60. The molecule has 0 N–H and O–H groups in total. The van der Waals surface area contributed by atoms with E-state index in [0.29, 0.717) is 0 Å². The van der Waals surface area contributed by atoms with Crippen LogP contribution in [0.4, 0.5) is 17.1 Å². The Balaban J connectivity index is 1.60. The first-order valence-electron chi connectivity index (χ1n) is 11.9. The summed E-state index contributed by atoms with van der Waals surface area (Å²) in [6.45, 7) is 2.46. The Hall–Kier alpha value is -4.24. The molecule has 0 saturated heterocycles. The molecule has 0 saturated carbocycles. The van der Waals surface area contributed by atoms with Gasteiger partial charge in [-0.1, -0.05) is 78.9 Å². The Labute approximate surface area is 198 Å². The van der Waals surface area contributed by atoms with Crippen LogP contribution in [-0.4, -0.2) is 11.3 Å². The van der Waals surface area contributed by atoms with Gasteiger partial charge in [0.25, 0.3) is 6.71 Å². The summed E-state index contributed by atoms with van der Waals surface area (Å²) in [5, 5.41) is 2.66. The predicted molar refractivity (Wildman–Crippen MR) is 145 cm³/mol. The zero-order valence-electron chi connectivity index (χ0n) is 18.9. The highest BCUT2D eigenvalue weighted by atomic mass is 15.2. The van der Waals surface area contributed by atoms with Crippen LogP contribution >= 0.6 is 0 Å². The molecule has 158 valence electrons. The molecule has 2 aliphatic rings. The van der Waals surface area contributed by atoms with Crippen LogP contribution in [0, 0.1) is 6.92 Å². The average Bonchev–Trinajstić information content (AvgIpc) is 3.23. The third-order valence-corrected chi connectivity index (χ3v) is 7.69. The van der Waals surface area contributed by atoms with Crippen LogP contribution in [0.3, 0.4) is 0 Å². The van der Waals surface area contributed by atoms with E-state index in [2.05, 4.69) is 126 Å². The lowest BCUT2D eigenvalue weighted by atomic mass is 9.33. The molecule has 0 radical (unpaired) electrons. The van der Waals surface area contributed by atoms with Crippen LogP contribution in [0.25, 0.3) is 27.5 Å². The van der Waals surface area contributed by atoms with Crippen molar-refractivity contribution in [1.29, 1.82) is 0 Å². The second kappa shape index (κ2) is 6.42. The van der Waals surface area contributed by atoms with Gasteiger partial charge in [-0.3, -0.25) is 0 Å². The van der Waals surface area contributed by atoms with E-state index in [4.69, 9.17) is 0 Å².